The van der Waals surface area contributed by atoms with Crippen LogP contribution in [-0.4, -0.2) is 18.3 Å². The van der Waals surface area contributed by atoms with Gasteiger partial charge in [-0.1, -0.05) is 164 Å². The van der Waals surface area contributed by atoms with E-state index in [0.717, 1.165) is 106 Å². The number of hydrogen-bond acceptors (Lipinski definition) is 2. The quantitative estimate of drug-likeness (QED) is 0.101. The Kier molecular flexibility index (Phi) is 9.84. The molecule has 0 spiro atoms. The predicted molar refractivity (Wildman–Crippen MR) is 326 cm³/mol. The largest absolute Gasteiger partial charge is 0.310 e. The zero-order valence-corrected chi connectivity index (χ0v) is 42.4. The van der Waals surface area contributed by atoms with Crippen molar-refractivity contribution in [3.8, 4) is 34.1 Å². The Balaban J connectivity index is 1.16. The first-order chi connectivity index (χ1) is 38.8. The third-order valence-corrected chi connectivity index (χ3v) is 15.8. The number of anilines is 6. The molecule has 366 valence electrons. The van der Waals surface area contributed by atoms with Gasteiger partial charge in [-0.05, 0) is 127 Å². The van der Waals surface area contributed by atoms with E-state index < -0.39 is 0 Å². The van der Waals surface area contributed by atoms with Gasteiger partial charge in [-0.15, -0.1) is 0 Å². The molecule has 0 saturated carbocycles. The van der Waals surface area contributed by atoms with Gasteiger partial charge in [-0.3, -0.25) is 18.3 Å². The minimum absolute atomic E-state index is 1.05. The molecule has 0 N–H and O–H groups in total. The van der Waals surface area contributed by atoms with Gasteiger partial charge in [0.2, 0.25) is 0 Å². The van der Waals surface area contributed by atoms with Crippen LogP contribution in [0.1, 0.15) is 0 Å². The number of rotatable bonds is 10. The summed E-state index contributed by atoms with van der Waals surface area (Å²) >= 11 is 0. The van der Waals surface area contributed by atoms with Crippen molar-refractivity contribution in [1.82, 2.24) is 18.3 Å². The zero-order chi connectivity index (χ0) is 51.3. The Bertz CT molecular complexity index is 4740. The molecule has 2 aliphatic rings. The Labute approximate surface area is 450 Å². The second-order valence-corrected chi connectivity index (χ2v) is 20.1. The predicted octanol–water partition coefficient (Wildman–Crippen LogP) is 19.3. The summed E-state index contributed by atoms with van der Waals surface area (Å²) in [5, 5.41) is 6.98. The van der Waals surface area contributed by atoms with E-state index in [1.54, 1.807) is 0 Å². The molecule has 2 aliphatic heterocycles. The average Bonchev–Trinajstić information content (AvgIpc) is 2.58. The van der Waals surface area contributed by atoms with Crippen molar-refractivity contribution in [2.45, 2.75) is 0 Å². The van der Waals surface area contributed by atoms with Crippen molar-refractivity contribution in [2.24, 2.45) is 0 Å². The topological polar surface area (TPSA) is 26.2 Å². The Morgan fingerprint density at radius 1 is 0.231 bits per heavy atom. The summed E-state index contributed by atoms with van der Waals surface area (Å²) in [6, 6.07) is 106. The first kappa shape index (κ1) is 43.8. The van der Waals surface area contributed by atoms with Gasteiger partial charge in [-0.25, -0.2) is 0 Å². The highest BCUT2D eigenvalue weighted by Gasteiger charge is 2.33. The monoisotopic (exact) mass is 996 g/mol. The molecular formula is C72H48N6. The van der Waals surface area contributed by atoms with Gasteiger partial charge in [0.05, 0.1) is 44.5 Å². The van der Waals surface area contributed by atoms with E-state index in [0.29, 0.717) is 0 Å². The molecule has 16 rings (SSSR count). The van der Waals surface area contributed by atoms with Crippen LogP contribution in [0.25, 0.3) is 99.6 Å². The summed E-state index contributed by atoms with van der Waals surface area (Å²) in [5.41, 5.74) is 17.8. The van der Waals surface area contributed by atoms with Crippen LogP contribution in [0.5, 0.6) is 0 Å². The van der Waals surface area contributed by atoms with Crippen LogP contribution in [0.3, 0.4) is 0 Å². The zero-order valence-electron chi connectivity index (χ0n) is 42.4. The molecule has 0 unspecified atom stereocenters. The lowest BCUT2D eigenvalue weighted by atomic mass is 9.86. The molecule has 0 amide bonds. The summed E-state index contributed by atoms with van der Waals surface area (Å²) < 4.78 is 10.0. The third-order valence-electron chi connectivity index (χ3n) is 15.8. The molecule has 0 radical (unpaired) electrons. The first-order valence-electron chi connectivity index (χ1n) is 26.7. The maximum Gasteiger partial charge on any atom is 0.123 e. The molecule has 0 fully saturated rings. The smallest absolute Gasteiger partial charge is 0.123 e. The van der Waals surface area contributed by atoms with Crippen LogP contribution >= 0.6 is 0 Å². The van der Waals surface area contributed by atoms with Crippen molar-refractivity contribution in [3.05, 3.63) is 291 Å². The van der Waals surface area contributed by atoms with Gasteiger partial charge >= 0.3 is 0 Å². The number of aromatic nitrogens is 4. The van der Waals surface area contributed by atoms with Crippen molar-refractivity contribution in [2.75, 3.05) is 9.80 Å². The molecule has 78 heavy (non-hydrogen) atoms. The molecule has 0 saturated heterocycles. The molecule has 6 heteroatoms. The summed E-state index contributed by atoms with van der Waals surface area (Å²) in [6.45, 7) is 0. The minimum Gasteiger partial charge on any atom is -0.310 e. The molecular weight excluding hydrogens is 949 g/mol. The highest BCUT2D eigenvalue weighted by Crippen LogP contribution is 2.55. The second-order valence-electron chi connectivity index (χ2n) is 20.1. The molecule has 2 aromatic heterocycles. The molecule has 12 aromatic carbocycles. The number of hydrogen-bond donors (Lipinski definition) is 0. The summed E-state index contributed by atoms with van der Waals surface area (Å²) in [7, 11) is 0. The molecule has 0 bridgehead atoms. The molecule has 6 nitrogen and oxygen atoms in total. The fraction of sp³-hybridized carbons (Fsp3) is 0. The Morgan fingerprint density at radius 3 is 1.10 bits per heavy atom. The molecule has 0 atom stereocenters. The van der Waals surface area contributed by atoms with Crippen molar-refractivity contribution >= 4 is 99.5 Å². The third kappa shape index (κ3) is 6.57. The van der Waals surface area contributed by atoms with Crippen molar-refractivity contribution in [3.63, 3.8) is 0 Å². The standard InChI is InChI=1S/C72H48N6/c1-7-26-51(27-8-1)73(52-28-9-2-10-29-52)61-44-45-63-70-58(61)42-43-64-71(70)72-66(78(63)68-47-50-25-20-22-40-60(50)76(68)56-36-17-6-18-37-56)48-65(74(53-30-11-3-12-31-53)54-32-13-4-14-33-54)57-38-23-41-62(69(57)72)77(64)67-46-49-24-19-21-39-59(49)75(67)55-34-15-5-16-35-55/h1-48H. The normalized spacial score (nSPS) is 11.8. The SMILES string of the molecule is c1ccc(N(c2ccccc2)c2cc3c4c5c2cccc5n(-c2cc5ccccc5n2-c2ccccc2)c2ccc5c(N(c6ccccc6)c6ccccc6)ccc(c5c2-4)n3-c2cc3ccccc3n2-c2ccccc2)cc1. The van der Waals surface area contributed by atoms with Gasteiger partial charge in [0.15, 0.2) is 0 Å². The molecule has 4 heterocycles. The van der Waals surface area contributed by atoms with E-state index >= 15 is 0 Å². The van der Waals surface area contributed by atoms with Crippen molar-refractivity contribution < 1.29 is 0 Å². The highest BCUT2D eigenvalue weighted by molar-refractivity contribution is 6.30. The van der Waals surface area contributed by atoms with E-state index in [9.17, 15) is 0 Å². The van der Waals surface area contributed by atoms with Gasteiger partial charge in [0.1, 0.15) is 11.6 Å². The fourth-order valence-electron chi connectivity index (χ4n) is 12.7. The lowest BCUT2D eigenvalue weighted by molar-refractivity contribution is 0.987. The first-order valence-corrected chi connectivity index (χ1v) is 26.7. The van der Waals surface area contributed by atoms with Gasteiger partial charge in [-0.2, -0.15) is 0 Å². The van der Waals surface area contributed by atoms with Crippen LogP contribution in [-0.2, 0) is 0 Å². The number of benzene rings is 12. The average molecular weight is 997 g/mol. The lowest BCUT2D eigenvalue weighted by Gasteiger charge is -2.34. The van der Waals surface area contributed by atoms with Gasteiger partial charge in [0.25, 0.3) is 0 Å². The fourth-order valence-corrected chi connectivity index (χ4v) is 12.7. The van der Waals surface area contributed by atoms with Crippen LogP contribution < -0.4 is 9.80 Å². The highest BCUT2D eigenvalue weighted by atomic mass is 15.2. The second kappa shape index (κ2) is 17.5. The molecule has 14 aromatic rings. The Morgan fingerprint density at radius 2 is 0.603 bits per heavy atom. The van der Waals surface area contributed by atoms with Crippen LogP contribution in [0, 0.1) is 0 Å². The minimum atomic E-state index is 1.05. The van der Waals surface area contributed by atoms with Crippen LogP contribution in [0.4, 0.5) is 34.1 Å². The number of para-hydroxylation sites is 8. The number of pyridine rings is 2. The maximum atomic E-state index is 2.57. The van der Waals surface area contributed by atoms with Crippen molar-refractivity contribution in [1.29, 1.82) is 0 Å². The van der Waals surface area contributed by atoms with E-state index in [-0.39, 0.29) is 0 Å². The Hall–Kier alpha value is -10.6. The molecule has 0 aliphatic carbocycles. The number of nitrogens with zero attached hydrogens (tertiary/aromatic N) is 6. The van der Waals surface area contributed by atoms with E-state index in [1.165, 1.54) is 27.3 Å². The van der Waals surface area contributed by atoms with E-state index in [2.05, 4.69) is 319 Å². The van der Waals surface area contributed by atoms with Crippen LogP contribution in [0.15, 0.2) is 291 Å². The number of fused-ring (bicyclic) bond motifs is 2. The maximum absolute atomic E-state index is 2.57. The summed E-state index contributed by atoms with van der Waals surface area (Å²) in [5.74, 6) is 2.11. The van der Waals surface area contributed by atoms with E-state index in [4.69, 9.17) is 0 Å². The lowest BCUT2D eigenvalue weighted by Crippen LogP contribution is -2.16. The van der Waals surface area contributed by atoms with Gasteiger partial charge < -0.3 is 9.80 Å². The van der Waals surface area contributed by atoms with Gasteiger partial charge in [0, 0.05) is 77.6 Å². The van der Waals surface area contributed by atoms with Crippen LogP contribution in [0.2, 0.25) is 0 Å². The van der Waals surface area contributed by atoms with E-state index in [1.807, 2.05) is 0 Å². The summed E-state index contributed by atoms with van der Waals surface area (Å²) in [4.78, 5) is 4.87. The summed E-state index contributed by atoms with van der Waals surface area (Å²) in [6.07, 6.45) is 0.